The molecule has 158 valence electrons. The SMILES string of the molecule is Cc1cc(C=NNC(=O)c2cc3c(ccc4ccccc43)o2)c(C)n1-c1ccc(F)cc1. The van der Waals surface area contributed by atoms with Crippen molar-refractivity contribution < 1.29 is 13.6 Å². The number of hydrogen-bond acceptors (Lipinski definition) is 3. The number of fused-ring (bicyclic) bond motifs is 3. The van der Waals surface area contributed by atoms with Crippen LogP contribution in [0.4, 0.5) is 4.39 Å². The number of benzene rings is 3. The van der Waals surface area contributed by atoms with Gasteiger partial charge >= 0.3 is 5.91 Å². The number of hydrazone groups is 1. The molecule has 0 saturated heterocycles. The topological polar surface area (TPSA) is 59.5 Å². The molecule has 0 fully saturated rings. The number of furan rings is 1. The summed E-state index contributed by atoms with van der Waals surface area (Å²) in [5.74, 6) is -0.501. The number of hydrogen-bond donors (Lipinski definition) is 1. The Bertz CT molecular complexity index is 1490. The average molecular weight is 425 g/mol. The first kappa shape index (κ1) is 19.8. The minimum absolute atomic E-state index is 0.199. The first-order valence-corrected chi connectivity index (χ1v) is 10.2. The fourth-order valence-corrected chi connectivity index (χ4v) is 4.03. The molecule has 0 spiro atoms. The molecule has 5 rings (SSSR count). The van der Waals surface area contributed by atoms with Crippen molar-refractivity contribution in [1.29, 1.82) is 0 Å². The Hall–Kier alpha value is -4.19. The van der Waals surface area contributed by atoms with E-state index in [-0.39, 0.29) is 11.6 Å². The number of halogens is 1. The Morgan fingerprint density at radius 3 is 2.59 bits per heavy atom. The Morgan fingerprint density at radius 2 is 1.78 bits per heavy atom. The van der Waals surface area contributed by atoms with Crippen molar-refractivity contribution in [3.8, 4) is 5.69 Å². The zero-order valence-electron chi connectivity index (χ0n) is 17.6. The van der Waals surface area contributed by atoms with E-state index in [4.69, 9.17) is 4.42 Å². The molecular weight excluding hydrogens is 405 g/mol. The third-order valence-corrected chi connectivity index (χ3v) is 5.57. The van der Waals surface area contributed by atoms with Crippen LogP contribution in [0.2, 0.25) is 0 Å². The summed E-state index contributed by atoms with van der Waals surface area (Å²) in [4.78, 5) is 12.6. The van der Waals surface area contributed by atoms with Crippen molar-refractivity contribution >= 4 is 33.9 Å². The van der Waals surface area contributed by atoms with Crippen molar-refractivity contribution in [3.05, 3.63) is 101 Å². The summed E-state index contributed by atoms with van der Waals surface area (Å²) in [7, 11) is 0. The highest BCUT2D eigenvalue weighted by Crippen LogP contribution is 2.28. The third kappa shape index (κ3) is 3.46. The molecule has 0 saturated carbocycles. The van der Waals surface area contributed by atoms with Crippen molar-refractivity contribution in [2.75, 3.05) is 0 Å². The van der Waals surface area contributed by atoms with Crippen LogP contribution in [0, 0.1) is 19.7 Å². The minimum Gasteiger partial charge on any atom is -0.451 e. The molecule has 0 aliphatic heterocycles. The van der Waals surface area contributed by atoms with E-state index in [2.05, 4.69) is 10.5 Å². The Morgan fingerprint density at radius 1 is 1.00 bits per heavy atom. The molecule has 0 bridgehead atoms. The van der Waals surface area contributed by atoms with Crippen molar-refractivity contribution in [2.45, 2.75) is 13.8 Å². The minimum atomic E-state index is -0.422. The molecule has 5 aromatic rings. The number of rotatable bonds is 4. The summed E-state index contributed by atoms with van der Waals surface area (Å²) in [5.41, 5.74) is 6.81. The van der Waals surface area contributed by atoms with Gasteiger partial charge in [0.15, 0.2) is 5.76 Å². The summed E-state index contributed by atoms with van der Waals surface area (Å²) in [6.07, 6.45) is 1.60. The maximum atomic E-state index is 13.3. The highest BCUT2D eigenvalue weighted by Gasteiger charge is 2.14. The van der Waals surface area contributed by atoms with Crippen LogP contribution < -0.4 is 5.43 Å². The van der Waals surface area contributed by atoms with E-state index in [0.29, 0.717) is 5.58 Å². The van der Waals surface area contributed by atoms with Crippen LogP contribution in [-0.4, -0.2) is 16.7 Å². The lowest BCUT2D eigenvalue weighted by atomic mass is 10.1. The summed E-state index contributed by atoms with van der Waals surface area (Å²) >= 11 is 0. The van der Waals surface area contributed by atoms with Crippen LogP contribution in [0.15, 0.2) is 82.3 Å². The Kier molecular flexibility index (Phi) is 4.82. The number of aryl methyl sites for hydroxylation is 1. The van der Waals surface area contributed by atoms with Gasteiger partial charge in [0.1, 0.15) is 11.4 Å². The van der Waals surface area contributed by atoms with E-state index in [1.54, 1.807) is 24.4 Å². The normalized spacial score (nSPS) is 11.6. The number of carbonyl (C=O) groups is 1. The van der Waals surface area contributed by atoms with Crippen LogP contribution in [0.1, 0.15) is 27.5 Å². The van der Waals surface area contributed by atoms with Crippen molar-refractivity contribution in [2.24, 2.45) is 5.10 Å². The van der Waals surface area contributed by atoms with Gasteiger partial charge in [-0.15, -0.1) is 0 Å². The molecule has 3 aromatic carbocycles. The Balaban J connectivity index is 1.37. The van der Waals surface area contributed by atoms with E-state index in [9.17, 15) is 9.18 Å². The number of carbonyl (C=O) groups excluding carboxylic acids is 1. The average Bonchev–Trinajstić information content (AvgIpc) is 3.36. The van der Waals surface area contributed by atoms with Crippen LogP contribution in [0.25, 0.3) is 27.4 Å². The largest absolute Gasteiger partial charge is 0.451 e. The van der Waals surface area contributed by atoms with E-state index in [1.165, 1.54) is 12.1 Å². The highest BCUT2D eigenvalue weighted by atomic mass is 19.1. The number of amides is 1. The second-order valence-corrected chi connectivity index (χ2v) is 7.65. The van der Waals surface area contributed by atoms with E-state index in [1.807, 2.05) is 60.9 Å². The molecule has 0 unspecified atom stereocenters. The van der Waals surface area contributed by atoms with Crippen molar-refractivity contribution in [3.63, 3.8) is 0 Å². The van der Waals surface area contributed by atoms with Gasteiger partial charge in [0.2, 0.25) is 0 Å². The van der Waals surface area contributed by atoms with Gasteiger partial charge in [-0.2, -0.15) is 5.10 Å². The van der Waals surface area contributed by atoms with Gasteiger partial charge in [0.05, 0.1) is 6.21 Å². The molecule has 0 aliphatic carbocycles. The molecule has 6 heteroatoms. The smallest absolute Gasteiger partial charge is 0.307 e. The summed E-state index contributed by atoms with van der Waals surface area (Å²) < 4.78 is 21.0. The van der Waals surface area contributed by atoms with Gasteiger partial charge in [0, 0.05) is 28.0 Å². The molecule has 0 atom stereocenters. The molecule has 0 radical (unpaired) electrons. The lowest BCUT2D eigenvalue weighted by Crippen LogP contribution is -2.16. The van der Waals surface area contributed by atoms with Gasteiger partial charge in [-0.25, -0.2) is 9.82 Å². The van der Waals surface area contributed by atoms with E-state index < -0.39 is 5.91 Å². The second kappa shape index (κ2) is 7.81. The van der Waals surface area contributed by atoms with E-state index >= 15 is 0 Å². The molecule has 0 aliphatic rings. The summed E-state index contributed by atoms with van der Waals surface area (Å²) in [6.45, 7) is 3.91. The lowest BCUT2D eigenvalue weighted by molar-refractivity contribution is 0.0929. The zero-order valence-corrected chi connectivity index (χ0v) is 17.6. The molecule has 1 amide bonds. The first-order chi connectivity index (χ1) is 15.5. The van der Waals surface area contributed by atoms with Crippen LogP contribution in [-0.2, 0) is 0 Å². The summed E-state index contributed by atoms with van der Waals surface area (Å²) in [5, 5.41) is 7.12. The zero-order chi connectivity index (χ0) is 22.2. The first-order valence-electron chi connectivity index (χ1n) is 10.2. The standard InChI is InChI=1S/C26H20FN3O2/c1-16-13-19(17(2)30(16)21-10-8-20(27)9-11-21)15-28-29-26(31)25-14-23-22-6-4-3-5-18(22)7-12-24(23)32-25/h3-15H,1-2H3,(H,29,31). The molecular formula is C26H20FN3O2. The molecule has 2 aromatic heterocycles. The van der Waals surface area contributed by atoms with Gasteiger partial charge in [-0.05, 0) is 67.1 Å². The monoisotopic (exact) mass is 425 g/mol. The van der Waals surface area contributed by atoms with Gasteiger partial charge < -0.3 is 8.98 Å². The number of aromatic nitrogens is 1. The van der Waals surface area contributed by atoms with Gasteiger partial charge in [0.25, 0.3) is 0 Å². The fraction of sp³-hybridized carbons (Fsp3) is 0.0769. The predicted octanol–water partition coefficient (Wildman–Crippen LogP) is 5.90. The van der Waals surface area contributed by atoms with Gasteiger partial charge in [-0.3, -0.25) is 4.79 Å². The second-order valence-electron chi connectivity index (χ2n) is 7.65. The van der Waals surface area contributed by atoms with Crippen LogP contribution in [0.3, 0.4) is 0 Å². The van der Waals surface area contributed by atoms with E-state index in [0.717, 1.165) is 38.8 Å². The highest BCUT2D eigenvalue weighted by molar-refractivity contribution is 6.08. The molecule has 1 N–H and O–H groups in total. The molecule has 32 heavy (non-hydrogen) atoms. The molecule has 2 heterocycles. The quantitative estimate of drug-likeness (QED) is 0.288. The lowest BCUT2D eigenvalue weighted by Gasteiger charge is -2.09. The fourth-order valence-electron chi connectivity index (χ4n) is 4.03. The predicted molar refractivity (Wildman–Crippen MR) is 124 cm³/mol. The van der Waals surface area contributed by atoms with Crippen LogP contribution in [0.5, 0.6) is 0 Å². The Labute approximate surface area is 183 Å². The van der Waals surface area contributed by atoms with Crippen LogP contribution >= 0.6 is 0 Å². The maximum absolute atomic E-state index is 13.3. The number of nitrogens with zero attached hydrogens (tertiary/aromatic N) is 2. The van der Waals surface area contributed by atoms with Crippen molar-refractivity contribution in [1.82, 2.24) is 9.99 Å². The molecule has 5 nitrogen and oxygen atoms in total. The third-order valence-electron chi connectivity index (χ3n) is 5.57. The summed E-state index contributed by atoms with van der Waals surface area (Å²) in [6, 6.07) is 21.8. The van der Waals surface area contributed by atoms with Gasteiger partial charge in [-0.1, -0.05) is 30.3 Å². The number of nitrogens with one attached hydrogen (secondary N) is 1. The maximum Gasteiger partial charge on any atom is 0.307 e.